The Morgan fingerprint density at radius 2 is 2.44 bits per heavy atom. The number of hydrogen-bond acceptors (Lipinski definition) is 2. The van der Waals surface area contributed by atoms with E-state index in [4.69, 9.17) is 4.74 Å². The highest BCUT2D eigenvalue weighted by Crippen LogP contribution is 1.94. The molecule has 3 heteroatoms. The van der Waals surface area contributed by atoms with E-state index in [2.05, 4.69) is 15.9 Å². The van der Waals surface area contributed by atoms with Gasteiger partial charge in [0.05, 0.1) is 6.61 Å². The molecule has 0 aromatic rings. The van der Waals surface area contributed by atoms with Gasteiger partial charge in [0.2, 0.25) is 0 Å². The average molecular weight is 193 g/mol. The number of carbonyl (C=O) groups is 1. The van der Waals surface area contributed by atoms with Crippen molar-refractivity contribution in [2.24, 2.45) is 0 Å². The van der Waals surface area contributed by atoms with Gasteiger partial charge in [-0.05, 0) is 0 Å². The second kappa shape index (κ2) is 5.98. The molecule has 0 atom stereocenters. The highest BCUT2D eigenvalue weighted by Gasteiger charge is 1.88. The molecule has 0 bridgehead atoms. The molecule has 2 nitrogen and oxygen atoms in total. The van der Waals surface area contributed by atoms with Gasteiger partial charge >= 0.3 is 0 Å². The van der Waals surface area contributed by atoms with E-state index in [1.165, 1.54) is 0 Å². The molecule has 0 aromatic carbocycles. The SMILES string of the molecule is COC/C=C(/C=O)CBr. The van der Waals surface area contributed by atoms with E-state index in [9.17, 15) is 4.79 Å². The lowest BCUT2D eigenvalue weighted by Crippen LogP contribution is -1.89. The largest absolute Gasteiger partial charge is 0.381 e. The number of alkyl halides is 1. The fourth-order valence-corrected chi connectivity index (χ4v) is 0.686. The summed E-state index contributed by atoms with van der Waals surface area (Å²) in [5.74, 6) is 0. The van der Waals surface area contributed by atoms with Crippen LogP contribution in [0.15, 0.2) is 11.6 Å². The van der Waals surface area contributed by atoms with Gasteiger partial charge in [-0.15, -0.1) is 0 Å². The molecule has 0 aliphatic heterocycles. The summed E-state index contributed by atoms with van der Waals surface area (Å²) in [5.41, 5.74) is 0.719. The zero-order valence-corrected chi connectivity index (χ0v) is 6.85. The van der Waals surface area contributed by atoms with Gasteiger partial charge < -0.3 is 4.74 Å². The van der Waals surface area contributed by atoms with Crippen LogP contribution < -0.4 is 0 Å². The molecule has 0 spiro atoms. The normalized spacial score (nSPS) is 11.6. The van der Waals surface area contributed by atoms with Crippen molar-refractivity contribution >= 4 is 22.2 Å². The first-order valence-electron chi connectivity index (χ1n) is 2.54. The summed E-state index contributed by atoms with van der Waals surface area (Å²) in [6.45, 7) is 0.500. The summed E-state index contributed by atoms with van der Waals surface area (Å²) in [6.07, 6.45) is 2.55. The number of ether oxygens (including phenoxy) is 1. The third-order valence-corrected chi connectivity index (χ3v) is 1.47. The third-order valence-electron chi connectivity index (χ3n) is 0.818. The van der Waals surface area contributed by atoms with Crippen LogP contribution >= 0.6 is 15.9 Å². The first kappa shape index (κ1) is 8.85. The minimum Gasteiger partial charge on any atom is -0.381 e. The maximum Gasteiger partial charge on any atom is 0.146 e. The smallest absolute Gasteiger partial charge is 0.146 e. The van der Waals surface area contributed by atoms with Gasteiger partial charge in [-0.25, -0.2) is 0 Å². The number of hydrogen-bond donors (Lipinski definition) is 0. The van der Waals surface area contributed by atoms with Gasteiger partial charge in [-0.1, -0.05) is 22.0 Å². The van der Waals surface area contributed by atoms with Gasteiger partial charge in [-0.2, -0.15) is 0 Å². The Hall–Kier alpha value is -0.150. The molecule has 52 valence electrons. The van der Waals surface area contributed by atoms with E-state index >= 15 is 0 Å². The molecule has 0 radical (unpaired) electrons. The molecule has 0 N–H and O–H groups in total. The fraction of sp³-hybridized carbons (Fsp3) is 0.500. The lowest BCUT2D eigenvalue weighted by atomic mass is 10.3. The number of carbonyl (C=O) groups excluding carboxylic acids is 1. The Kier molecular flexibility index (Phi) is 5.88. The second-order valence-corrected chi connectivity index (χ2v) is 2.05. The highest BCUT2D eigenvalue weighted by atomic mass is 79.9. The van der Waals surface area contributed by atoms with Crippen molar-refractivity contribution in [3.63, 3.8) is 0 Å². The molecule has 0 rings (SSSR count). The summed E-state index contributed by atoms with van der Waals surface area (Å²) < 4.78 is 4.72. The van der Waals surface area contributed by atoms with Crippen molar-refractivity contribution < 1.29 is 9.53 Å². The lowest BCUT2D eigenvalue weighted by molar-refractivity contribution is -0.104. The summed E-state index contributed by atoms with van der Waals surface area (Å²) in [6, 6.07) is 0. The lowest BCUT2D eigenvalue weighted by Gasteiger charge is -1.90. The maximum absolute atomic E-state index is 10.1. The molecule has 0 saturated carbocycles. The summed E-state index contributed by atoms with van der Waals surface area (Å²) in [7, 11) is 1.59. The van der Waals surface area contributed by atoms with Crippen LogP contribution in [0.25, 0.3) is 0 Å². The molecule has 9 heavy (non-hydrogen) atoms. The predicted octanol–water partition coefficient (Wildman–Crippen LogP) is 1.15. The standard InChI is InChI=1S/C6H9BrO2/c1-9-3-2-6(4-7)5-8/h2,5H,3-4H2,1H3/b6-2+. The Balaban J connectivity index is 3.61. The predicted molar refractivity (Wildman–Crippen MR) is 39.8 cm³/mol. The number of rotatable bonds is 4. The monoisotopic (exact) mass is 192 g/mol. The molecule has 0 amide bonds. The molecular formula is C6H9BrO2. The number of methoxy groups -OCH3 is 1. The van der Waals surface area contributed by atoms with E-state index in [1.807, 2.05) is 0 Å². The van der Waals surface area contributed by atoms with E-state index in [1.54, 1.807) is 13.2 Å². The topological polar surface area (TPSA) is 26.3 Å². The molecule has 0 saturated heterocycles. The molecule has 0 aliphatic carbocycles. The molecule has 0 aromatic heterocycles. The van der Waals surface area contributed by atoms with Crippen molar-refractivity contribution in [2.45, 2.75) is 0 Å². The van der Waals surface area contributed by atoms with Crippen LogP contribution in [0.3, 0.4) is 0 Å². The molecular weight excluding hydrogens is 184 g/mol. The van der Waals surface area contributed by atoms with Crippen LogP contribution in [0.2, 0.25) is 0 Å². The molecule has 0 heterocycles. The Labute approximate surface area is 63.0 Å². The zero-order chi connectivity index (χ0) is 7.11. The maximum atomic E-state index is 10.1. The van der Waals surface area contributed by atoms with Crippen molar-refractivity contribution in [1.29, 1.82) is 0 Å². The van der Waals surface area contributed by atoms with E-state index in [0.29, 0.717) is 11.9 Å². The summed E-state index contributed by atoms with van der Waals surface area (Å²) in [4.78, 5) is 10.1. The second-order valence-electron chi connectivity index (χ2n) is 1.49. The van der Waals surface area contributed by atoms with Gasteiger partial charge in [-0.3, -0.25) is 4.79 Å². The van der Waals surface area contributed by atoms with Crippen molar-refractivity contribution in [1.82, 2.24) is 0 Å². The van der Waals surface area contributed by atoms with Crippen LogP contribution in [0.5, 0.6) is 0 Å². The van der Waals surface area contributed by atoms with Gasteiger partial charge in [0.25, 0.3) is 0 Å². The molecule has 0 fully saturated rings. The van der Waals surface area contributed by atoms with Crippen LogP contribution in [0.4, 0.5) is 0 Å². The Morgan fingerprint density at radius 3 is 2.78 bits per heavy atom. The third kappa shape index (κ3) is 4.36. The van der Waals surface area contributed by atoms with Gasteiger partial charge in [0, 0.05) is 18.0 Å². The average Bonchev–Trinajstić information content (AvgIpc) is 1.91. The Bertz CT molecular complexity index is 110. The van der Waals surface area contributed by atoms with E-state index in [-0.39, 0.29) is 0 Å². The number of aldehydes is 1. The first-order chi connectivity index (χ1) is 4.35. The molecule has 0 unspecified atom stereocenters. The van der Waals surface area contributed by atoms with Gasteiger partial charge in [0.15, 0.2) is 0 Å². The number of halogens is 1. The highest BCUT2D eigenvalue weighted by molar-refractivity contribution is 9.09. The Morgan fingerprint density at radius 1 is 1.78 bits per heavy atom. The van der Waals surface area contributed by atoms with Crippen LogP contribution in [0.1, 0.15) is 0 Å². The van der Waals surface area contributed by atoms with Gasteiger partial charge in [0.1, 0.15) is 6.29 Å². The number of allylic oxidation sites excluding steroid dienone is 1. The van der Waals surface area contributed by atoms with Crippen LogP contribution in [-0.2, 0) is 9.53 Å². The summed E-state index contributed by atoms with van der Waals surface area (Å²) >= 11 is 3.15. The summed E-state index contributed by atoms with van der Waals surface area (Å²) in [5, 5.41) is 0.597. The fourth-order valence-electron chi connectivity index (χ4n) is 0.325. The quantitative estimate of drug-likeness (QED) is 0.380. The van der Waals surface area contributed by atoms with Crippen molar-refractivity contribution in [2.75, 3.05) is 19.0 Å². The zero-order valence-electron chi connectivity index (χ0n) is 5.26. The van der Waals surface area contributed by atoms with Crippen molar-refractivity contribution in [3.05, 3.63) is 11.6 Å². The van der Waals surface area contributed by atoms with Crippen LogP contribution in [0, 0.1) is 0 Å². The van der Waals surface area contributed by atoms with E-state index in [0.717, 1.165) is 11.9 Å². The molecule has 0 aliphatic rings. The van der Waals surface area contributed by atoms with E-state index < -0.39 is 0 Å². The van der Waals surface area contributed by atoms with Crippen LogP contribution in [-0.4, -0.2) is 25.3 Å². The minimum atomic E-state index is 0.500. The van der Waals surface area contributed by atoms with Crippen molar-refractivity contribution in [3.8, 4) is 0 Å². The minimum absolute atomic E-state index is 0.500. The first-order valence-corrected chi connectivity index (χ1v) is 3.66.